The molecule has 15 heteroatoms. The number of benzene rings is 14. The van der Waals surface area contributed by atoms with E-state index in [1.165, 1.54) is 4.70 Å². The van der Waals surface area contributed by atoms with Gasteiger partial charge in [0, 0.05) is 127 Å². The highest BCUT2D eigenvalue weighted by Crippen LogP contribution is 2.49. The van der Waals surface area contributed by atoms with E-state index in [0.29, 0.717) is 46.6 Å². The van der Waals surface area contributed by atoms with Crippen LogP contribution < -0.4 is 0 Å². The van der Waals surface area contributed by atoms with E-state index in [1.54, 1.807) is 45.3 Å². The Morgan fingerprint density at radius 1 is 0.186 bits per heavy atom. The van der Waals surface area contributed by atoms with E-state index in [1.807, 2.05) is 78.9 Å². The molecule has 526 valence electrons. The fraction of sp³-hybridized carbons (Fsp3) is 0. The van der Waals surface area contributed by atoms with Crippen LogP contribution >= 0.6 is 45.3 Å². The van der Waals surface area contributed by atoms with Gasteiger partial charge >= 0.3 is 0 Å². The van der Waals surface area contributed by atoms with E-state index in [2.05, 4.69) is 249 Å². The van der Waals surface area contributed by atoms with E-state index in [9.17, 15) is 0 Å². The summed E-state index contributed by atoms with van der Waals surface area (Å²) in [4.78, 5) is 54.1. The molecule has 23 aromatic rings. The molecule has 9 heterocycles. The van der Waals surface area contributed by atoms with Gasteiger partial charge in [0.1, 0.15) is 11.2 Å². The molecule has 11 nitrogen and oxygen atoms in total. The average Bonchev–Trinajstić information content (AvgIpc) is 1.60. The first-order valence-corrected chi connectivity index (χ1v) is 40.4. The molecule has 0 N–H and O–H groups in total. The molecule has 0 aliphatic heterocycles. The maximum absolute atomic E-state index is 6.39. The number of nitrogens with zero attached hydrogens (tertiary/aromatic N) is 10. The van der Waals surface area contributed by atoms with Gasteiger partial charge in [-0.2, -0.15) is 0 Å². The summed E-state index contributed by atoms with van der Waals surface area (Å²) in [7, 11) is 0. The molecular weight excluding hydrogens is 1460 g/mol. The predicted octanol–water partition coefficient (Wildman–Crippen LogP) is 27.0. The Morgan fingerprint density at radius 3 is 1.06 bits per heavy atom. The zero-order valence-corrected chi connectivity index (χ0v) is 63.0. The maximum atomic E-state index is 6.39. The van der Waals surface area contributed by atoms with Gasteiger partial charge < -0.3 is 4.42 Å². The minimum Gasteiger partial charge on any atom is -0.456 e. The van der Waals surface area contributed by atoms with E-state index in [-0.39, 0.29) is 0 Å². The summed E-state index contributed by atoms with van der Waals surface area (Å²) in [6.07, 6.45) is 0. The third-order valence-corrected chi connectivity index (χ3v) is 26.0. The quantitative estimate of drug-likeness (QED) is 0.115. The second-order valence-electron chi connectivity index (χ2n) is 28.0. The average molecular weight is 1520 g/mol. The van der Waals surface area contributed by atoms with E-state index in [0.717, 1.165) is 187 Å². The van der Waals surface area contributed by atoms with Crippen LogP contribution in [0.4, 0.5) is 0 Å². The zero-order chi connectivity index (χ0) is 74.2. The van der Waals surface area contributed by atoms with E-state index in [4.69, 9.17) is 54.3 Å². The van der Waals surface area contributed by atoms with Gasteiger partial charge in [-0.05, 0) is 95.1 Å². The minimum atomic E-state index is 0.552. The molecule has 9 aromatic heterocycles. The number of furan rings is 1. The van der Waals surface area contributed by atoms with Crippen LogP contribution in [0.5, 0.6) is 0 Å². The van der Waals surface area contributed by atoms with Crippen LogP contribution in [0.2, 0.25) is 0 Å². The number of thiophene rings is 4. The number of hydrogen-bond acceptors (Lipinski definition) is 15. The lowest BCUT2D eigenvalue weighted by molar-refractivity contribution is 0.669. The number of aromatic nitrogens is 10. The van der Waals surface area contributed by atoms with Crippen molar-refractivity contribution < 1.29 is 4.42 Å². The van der Waals surface area contributed by atoms with Gasteiger partial charge in [-0.15, -0.1) is 45.3 Å². The molecule has 0 saturated carbocycles. The lowest BCUT2D eigenvalue weighted by Gasteiger charge is -2.13. The van der Waals surface area contributed by atoms with Gasteiger partial charge in [0.15, 0.2) is 46.6 Å². The van der Waals surface area contributed by atoms with Crippen molar-refractivity contribution in [3.8, 4) is 136 Å². The number of fused-ring (bicyclic) bond motifs is 15. The molecule has 14 aromatic carbocycles. The van der Waals surface area contributed by atoms with Crippen molar-refractivity contribution >= 4 is 148 Å². The Bertz CT molecular complexity index is 7810. The largest absolute Gasteiger partial charge is 0.456 e. The van der Waals surface area contributed by atoms with Crippen molar-refractivity contribution in [1.29, 1.82) is 0 Å². The van der Waals surface area contributed by atoms with Crippen molar-refractivity contribution in [3.63, 3.8) is 0 Å². The number of para-hydroxylation sites is 1. The molecular formula is C98H54N10OS4. The van der Waals surface area contributed by atoms with Crippen molar-refractivity contribution in [2.45, 2.75) is 0 Å². The minimum absolute atomic E-state index is 0.552. The first kappa shape index (κ1) is 64.9. The SMILES string of the molecule is c1ccc(-c2cc(-c3ccc(-c4nc(-c5cccc6c5sc5cccc(-c7nc(-c8ccccc8)nc(-c8ccc9c(c8)oc8ccccc89)n7)c56)nc5c4sc4ccccc45)cc3)cc(-c3nc(-c4ccccc4)nc(-c4cccc5sc6c(-c7nc(-c8ccccc8)c8sc9ccccc9c8n7)cccc6c45)n3)c2)cc1. The molecule has 0 bridgehead atoms. The van der Waals surface area contributed by atoms with Gasteiger partial charge in [-0.3, -0.25) is 0 Å². The van der Waals surface area contributed by atoms with Crippen molar-refractivity contribution in [1.82, 2.24) is 49.8 Å². The third-order valence-electron chi connectivity index (χ3n) is 21.3. The predicted molar refractivity (Wildman–Crippen MR) is 468 cm³/mol. The van der Waals surface area contributed by atoms with Crippen LogP contribution in [0.25, 0.3) is 239 Å². The molecule has 0 atom stereocenters. The topological polar surface area (TPSA) is 142 Å². The maximum Gasteiger partial charge on any atom is 0.164 e. The highest BCUT2D eigenvalue weighted by molar-refractivity contribution is 7.27. The first-order valence-electron chi connectivity index (χ1n) is 37.2. The fourth-order valence-electron chi connectivity index (χ4n) is 15.9. The molecule has 0 spiro atoms. The lowest BCUT2D eigenvalue weighted by atomic mass is 9.95. The summed E-state index contributed by atoms with van der Waals surface area (Å²) in [5.41, 5.74) is 18.5. The van der Waals surface area contributed by atoms with Crippen molar-refractivity contribution in [3.05, 3.63) is 328 Å². The molecule has 0 aliphatic rings. The van der Waals surface area contributed by atoms with E-state index >= 15 is 0 Å². The molecule has 0 aliphatic carbocycles. The summed E-state index contributed by atoms with van der Waals surface area (Å²) in [6, 6.07) is 114. The number of hydrogen-bond donors (Lipinski definition) is 0. The second kappa shape index (κ2) is 26.3. The van der Waals surface area contributed by atoms with Crippen LogP contribution in [0.3, 0.4) is 0 Å². The summed E-state index contributed by atoms with van der Waals surface area (Å²) in [6.45, 7) is 0. The fourth-order valence-corrected chi connectivity index (χ4v) is 20.7. The second-order valence-corrected chi connectivity index (χ2v) is 32.2. The van der Waals surface area contributed by atoms with Gasteiger partial charge in [-0.25, -0.2) is 49.8 Å². The van der Waals surface area contributed by atoms with Crippen LogP contribution in [-0.4, -0.2) is 49.8 Å². The first-order chi connectivity index (χ1) is 55.9. The lowest BCUT2D eigenvalue weighted by Crippen LogP contribution is -2.01. The molecule has 0 radical (unpaired) electrons. The van der Waals surface area contributed by atoms with Gasteiger partial charge in [0.2, 0.25) is 0 Å². The molecule has 0 amide bonds. The third kappa shape index (κ3) is 11.0. The van der Waals surface area contributed by atoms with Crippen LogP contribution in [0, 0.1) is 0 Å². The Hall–Kier alpha value is -14.1. The van der Waals surface area contributed by atoms with Crippen molar-refractivity contribution in [2.75, 3.05) is 0 Å². The Kier molecular flexibility index (Phi) is 15.1. The summed E-state index contributed by atoms with van der Waals surface area (Å²) in [5.74, 6) is 4.72. The van der Waals surface area contributed by atoms with E-state index < -0.39 is 0 Å². The molecule has 0 saturated heterocycles. The van der Waals surface area contributed by atoms with Gasteiger partial charge in [-0.1, -0.05) is 255 Å². The summed E-state index contributed by atoms with van der Waals surface area (Å²) >= 11 is 6.94. The Balaban J connectivity index is 0.641. The zero-order valence-electron chi connectivity index (χ0n) is 59.7. The van der Waals surface area contributed by atoms with Gasteiger partial charge in [0.25, 0.3) is 0 Å². The smallest absolute Gasteiger partial charge is 0.164 e. The van der Waals surface area contributed by atoms with Crippen LogP contribution in [-0.2, 0) is 0 Å². The highest BCUT2D eigenvalue weighted by Gasteiger charge is 2.26. The summed E-state index contributed by atoms with van der Waals surface area (Å²) < 4.78 is 15.2. The standard InChI is InChI=1S/C98H54N10OS4/c1-5-23-55(24-6-1)62-51-63(53-64(52-62)94-104-92(60-29-11-4-12-30-60)106-96(108-94)72-37-22-44-80-82(72)70-35-19-38-73(87(70)113-80)97-99-83(57-25-7-2-8-26-57)89-85(101-97)67-32-14-17-41-77(67)110-89)56-45-47-58(48-46-56)84-90-86(68-33-15-18-42-78(68)111-90)102-98(100-84)74-39-20-34-69-81-71(36-21-43-79(81)112-88(69)74)95-105-91(59-27-9-3-10-28-59)103-93(107-95)61-49-50-66-65-31-13-16-40-75(65)109-76(66)54-61/h1-54H. The van der Waals surface area contributed by atoms with Crippen LogP contribution in [0.15, 0.2) is 332 Å². The highest BCUT2D eigenvalue weighted by atomic mass is 32.1. The van der Waals surface area contributed by atoms with Crippen molar-refractivity contribution in [2.24, 2.45) is 0 Å². The Labute approximate surface area is 660 Å². The number of rotatable bonds is 12. The van der Waals surface area contributed by atoms with Gasteiger partial charge in [0.05, 0.1) is 31.8 Å². The molecule has 0 unspecified atom stereocenters. The summed E-state index contributed by atoms with van der Waals surface area (Å²) in [5, 5.41) is 8.56. The molecule has 23 rings (SSSR count). The normalized spacial score (nSPS) is 11.9. The Morgan fingerprint density at radius 2 is 0.531 bits per heavy atom. The van der Waals surface area contributed by atoms with Crippen LogP contribution in [0.1, 0.15) is 0 Å². The molecule has 0 fully saturated rings. The monoisotopic (exact) mass is 1510 g/mol. The molecule has 113 heavy (non-hydrogen) atoms.